The number of rotatable bonds is 4. The first-order chi connectivity index (χ1) is 9.75. The maximum absolute atomic E-state index is 6.26. The van der Waals surface area contributed by atoms with E-state index in [-0.39, 0.29) is 6.04 Å². The van der Waals surface area contributed by atoms with Crippen LogP contribution in [0.3, 0.4) is 0 Å². The third-order valence-corrected chi connectivity index (χ3v) is 3.75. The van der Waals surface area contributed by atoms with Crippen molar-refractivity contribution < 1.29 is 0 Å². The molecule has 3 aromatic rings. The number of fused-ring (bicyclic) bond motifs is 1. The predicted octanol–water partition coefficient (Wildman–Crippen LogP) is 3.21. The van der Waals surface area contributed by atoms with Gasteiger partial charge in [-0.05, 0) is 24.5 Å². The molecule has 1 atom stereocenters. The van der Waals surface area contributed by atoms with Gasteiger partial charge in [0, 0.05) is 18.5 Å². The highest BCUT2D eigenvalue weighted by Crippen LogP contribution is 2.21. The first-order valence-electron chi connectivity index (χ1n) is 6.97. The van der Waals surface area contributed by atoms with E-state index in [1.807, 2.05) is 36.0 Å². The Balaban J connectivity index is 1.77. The molecule has 0 saturated carbocycles. The minimum atomic E-state index is 0.0666. The number of aryl methyl sites for hydroxylation is 2. The van der Waals surface area contributed by atoms with Crippen molar-refractivity contribution in [3.8, 4) is 0 Å². The standard InChI is InChI=1S/C17H19N3/c1-20-17-10-6-5-9-14(17)16(19-20)12-11-15(18)13-7-3-2-4-8-13/h2-10,15H,11-12,18H2,1H3. The molecule has 0 saturated heterocycles. The Hall–Kier alpha value is -2.13. The van der Waals surface area contributed by atoms with E-state index in [9.17, 15) is 0 Å². The summed E-state index contributed by atoms with van der Waals surface area (Å²) in [5, 5.41) is 5.85. The van der Waals surface area contributed by atoms with Crippen LogP contribution in [-0.4, -0.2) is 9.78 Å². The van der Waals surface area contributed by atoms with E-state index >= 15 is 0 Å². The molecule has 3 rings (SSSR count). The molecule has 1 unspecified atom stereocenters. The van der Waals surface area contributed by atoms with Crippen LogP contribution in [0.1, 0.15) is 23.7 Å². The molecule has 102 valence electrons. The maximum atomic E-state index is 6.26. The normalized spacial score (nSPS) is 12.7. The molecule has 1 heterocycles. The molecule has 0 fully saturated rings. The molecule has 2 aromatic carbocycles. The van der Waals surface area contributed by atoms with Crippen LogP contribution in [0.5, 0.6) is 0 Å². The molecule has 0 aliphatic heterocycles. The highest BCUT2D eigenvalue weighted by atomic mass is 15.3. The van der Waals surface area contributed by atoms with Crippen molar-refractivity contribution >= 4 is 10.9 Å². The molecule has 0 amide bonds. The molecule has 0 spiro atoms. The molecule has 1 aromatic heterocycles. The highest BCUT2D eigenvalue weighted by Gasteiger charge is 2.11. The van der Waals surface area contributed by atoms with E-state index in [4.69, 9.17) is 5.73 Å². The van der Waals surface area contributed by atoms with Crippen molar-refractivity contribution in [1.29, 1.82) is 0 Å². The fourth-order valence-corrected chi connectivity index (χ4v) is 2.63. The summed E-state index contributed by atoms with van der Waals surface area (Å²) in [6.07, 6.45) is 1.81. The van der Waals surface area contributed by atoms with Crippen molar-refractivity contribution in [2.75, 3.05) is 0 Å². The van der Waals surface area contributed by atoms with Gasteiger partial charge in [-0.3, -0.25) is 4.68 Å². The molecule has 0 aliphatic rings. The van der Waals surface area contributed by atoms with Gasteiger partial charge in [0.05, 0.1) is 11.2 Å². The van der Waals surface area contributed by atoms with Crippen LogP contribution in [0, 0.1) is 0 Å². The number of aromatic nitrogens is 2. The number of hydrogen-bond acceptors (Lipinski definition) is 2. The third-order valence-electron chi connectivity index (χ3n) is 3.75. The van der Waals surface area contributed by atoms with Gasteiger partial charge in [-0.15, -0.1) is 0 Å². The summed E-state index contributed by atoms with van der Waals surface area (Å²) in [5.74, 6) is 0. The smallest absolute Gasteiger partial charge is 0.0703 e. The minimum absolute atomic E-state index is 0.0666. The minimum Gasteiger partial charge on any atom is -0.324 e. The summed E-state index contributed by atoms with van der Waals surface area (Å²) in [6.45, 7) is 0. The van der Waals surface area contributed by atoms with Gasteiger partial charge in [-0.25, -0.2) is 0 Å². The second-order valence-electron chi connectivity index (χ2n) is 5.14. The molecule has 0 aliphatic carbocycles. The average Bonchev–Trinajstić information content (AvgIpc) is 2.83. The van der Waals surface area contributed by atoms with Gasteiger partial charge in [0.1, 0.15) is 0 Å². The lowest BCUT2D eigenvalue weighted by Crippen LogP contribution is -2.11. The Bertz CT molecular complexity index is 701. The number of para-hydroxylation sites is 1. The summed E-state index contributed by atoms with van der Waals surface area (Å²) in [5.41, 5.74) is 9.76. The van der Waals surface area contributed by atoms with Gasteiger partial charge < -0.3 is 5.73 Å². The Morgan fingerprint density at radius 2 is 1.75 bits per heavy atom. The van der Waals surface area contributed by atoms with Gasteiger partial charge in [0.2, 0.25) is 0 Å². The zero-order chi connectivity index (χ0) is 13.9. The van der Waals surface area contributed by atoms with Crippen LogP contribution in [0.2, 0.25) is 0 Å². The molecule has 0 bridgehead atoms. The summed E-state index contributed by atoms with van der Waals surface area (Å²) in [7, 11) is 1.99. The summed E-state index contributed by atoms with van der Waals surface area (Å²) < 4.78 is 1.94. The van der Waals surface area contributed by atoms with Crippen molar-refractivity contribution in [3.63, 3.8) is 0 Å². The van der Waals surface area contributed by atoms with Gasteiger partial charge in [0.25, 0.3) is 0 Å². The van der Waals surface area contributed by atoms with Gasteiger partial charge >= 0.3 is 0 Å². The fraction of sp³-hybridized carbons (Fsp3) is 0.235. The lowest BCUT2D eigenvalue weighted by molar-refractivity contribution is 0.636. The third kappa shape index (κ3) is 2.45. The molecule has 0 radical (unpaired) electrons. The van der Waals surface area contributed by atoms with E-state index in [1.54, 1.807) is 0 Å². The fourth-order valence-electron chi connectivity index (χ4n) is 2.63. The van der Waals surface area contributed by atoms with Gasteiger partial charge in [0.15, 0.2) is 0 Å². The number of hydrogen-bond donors (Lipinski definition) is 1. The second-order valence-corrected chi connectivity index (χ2v) is 5.14. The summed E-state index contributed by atoms with van der Waals surface area (Å²) >= 11 is 0. The lowest BCUT2D eigenvalue weighted by atomic mass is 10.0. The largest absolute Gasteiger partial charge is 0.324 e. The summed E-state index contributed by atoms with van der Waals surface area (Å²) in [6, 6.07) is 18.7. The summed E-state index contributed by atoms with van der Waals surface area (Å²) in [4.78, 5) is 0. The Kier molecular flexibility index (Phi) is 3.52. The molecule has 20 heavy (non-hydrogen) atoms. The molecular weight excluding hydrogens is 246 g/mol. The zero-order valence-corrected chi connectivity index (χ0v) is 11.7. The van der Waals surface area contributed by atoms with E-state index in [0.717, 1.165) is 18.5 Å². The lowest BCUT2D eigenvalue weighted by Gasteiger charge is -2.10. The van der Waals surface area contributed by atoms with Crippen LogP contribution in [0.15, 0.2) is 54.6 Å². The molecular formula is C17H19N3. The highest BCUT2D eigenvalue weighted by molar-refractivity contribution is 5.81. The van der Waals surface area contributed by atoms with Crippen LogP contribution >= 0.6 is 0 Å². The average molecular weight is 265 g/mol. The van der Waals surface area contributed by atoms with Crippen molar-refractivity contribution in [1.82, 2.24) is 9.78 Å². The Labute approximate surface area is 119 Å². The van der Waals surface area contributed by atoms with Crippen molar-refractivity contribution in [2.24, 2.45) is 12.8 Å². The van der Waals surface area contributed by atoms with E-state index < -0.39 is 0 Å². The quantitative estimate of drug-likeness (QED) is 0.787. The van der Waals surface area contributed by atoms with E-state index in [1.165, 1.54) is 16.5 Å². The van der Waals surface area contributed by atoms with Crippen LogP contribution < -0.4 is 5.73 Å². The topological polar surface area (TPSA) is 43.8 Å². The van der Waals surface area contributed by atoms with Crippen LogP contribution in [0.25, 0.3) is 10.9 Å². The van der Waals surface area contributed by atoms with Crippen LogP contribution in [0.4, 0.5) is 0 Å². The van der Waals surface area contributed by atoms with Crippen molar-refractivity contribution in [2.45, 2.75) is 18.9 Å². The first kappa shape index (κ1) is 12.9. The Morgan fingerprint density at radius 1 is 1.05 bits per heavy atom. The van der Waals surface area contributed by atoms with Gasteiger partial charge in [-0.1, -0.05) is 48.5 Å². The SMILES string of the molecule is Cn1nc(CCC(N)c2ccccc2)c2ccccc21. The molecule has 3 heteroatoms. The number of nitrogens with zero attached hydrogens (tertiary/aromatic N) is 2. The maximum Gasteiger partial charge on any atom is 0.0703 e. The molecule has 3 nitrogen and oxygen atoms in total. The molecule has 2 N–H and O–H groups in total. The van der Waals surface area contributed by atoms with Crippen LogP contribution in [-0.2, 0) is 13.5 Å². The second kappa shape index (κ2) is 5.47. The predicted molar refractivity (Wildman–Crippen MR) is 82.4 cm³/mol. The first-order valence-corrected chi connectivity index (χ1v) is 6.97. The van der Waals surface area contributed by atoms with Gasteiger partial charge in [-0.2, -0.15) is 5.10 Å². The Morgan fingerprint density at radius 3 is 2.55 bits per heavy atom. The monoisotopic (exact) mass is 265 g/mol. The number of benzene rings is 2. The number of nitrogens with two attached hydrogens (primary N) is 1. The van der Waals surface area contributed by atoms with E-state index in [0.29, 0.717) is 0 Å². The van der Waals surface area contributed by atoms with E-state index in [2.05, 4.69) is 35.4 Å². The zero-order valence-electron chi connectivity index (χ0n) is 11.7. The van der Waals surface area contributed by atoms with Crippen molar-refractivity contribution in [3.05, 3.63) is 65.9 Å².